The van der Waals surface area contributed by atoms with E-state index in [1.165, 1.54) is 0 Å². The Balaban J connectivity index is 2.74. The van der Waals surface area contributed by atoms with Crippen LogP contribution in [0.5, 0.6) is 0 Å². The number of benzene rings is 1. The van der Waals surface area contributed by atoms with Gasteiger partial charge >= 0.3 is 5.97 Å². The second kappa shape index (κ2) is 7.56. The molecule has 0 heterocycles. The Labute approximate surface area is 113 Å². The molecule has 0 fully saturated rings. The van der Waals surface area contributed by atoms with Gasteiger partial charge in [0.05, 0.1) is 12.5 Å². The Morgan fingerprint density at radius 3 is 2.42 bits per heavy atom. The van der Waals surface area contributed by atoms with E-state index in [0.717, 1.165) is 24.0 Å². The smallest absolute Gasteiger partial charge is 0.305 e. The Hall–Kier alpha value is -1.84. The van der Waals surface area contributed by atoms with Crippen LogP contribution < -0.4 is 5.32 Å². The molecule has 0 radical (unpaired) electrons. The van der Waals surface area contributed by atoms with E-state index in [2.05, 4.69) is 5.32 Å². The second-order valence-corrected chi connectivity index (χ2v) is 4.73. The zero-order valence-corrected chi connectivity index (χ0v) is 11.5. The number of unbranched alkanes of at least 4 members (excludes halogenated alkanes) is 1. The first-order valence-electron chi connectivity index (χ1n) is 6.60. The van der Waals surface area contributed by atoms with Crippen LogP contribution in [0.3, 0.4) is 0 Å². The Morgan fingerprint density at radius 1 is 1.26 bits per heavy atom. The molecule has 1 aromatic carbocycles. The maximum Gasteiger partial charge on any atom is 0.305 e. The average molecular weight is 263 g/mol. The van der Waals surface area contributed by atoms with Crippen LogP contribution in [-0.4, -0.2) is 17.0 Å². The number of aryl methyl sites for hydroxylation is 1. The summed E-state index contributed by atoms with van der Waals surface area (Å²) in [6.45, 7) is 3.98. The lowest BCUT2D eigenvalue weighted by atomic mass is 10.0. The Morgan fingerprint density at radius 2 is 1.89 bits per heavy atom. The van der Waals surface area contributed by atoms with Crippen molar-refractivity contribution in [2.24, 2.45) is 0 Å². The van der Waals surface area contributed by atoms with Gasteiger partial charge < -0.3 is 10.4 Å². The van der Waals surface area contributed by atoms with Crippen molar-refractivity contribution in [1.82, 2.24) is 5.32 Å². The van der Waals surface area contributed by atoms with E-state index in [0.29, 0.717) is 6.42 Å². The standard InChI is InChI=1S/C15H21NO3/c1-3-4-5-14(17)16-13(10-15(18)19)12-8-6-11(2)7-9-12/h6-9,13H,3-5,10H2,1-2H3,(H,16,17)(H,18,19). The molecule has 19 heavy (non-hydrogen) atoms. The van der Waals surface area contributed by atoms with Gasteiger partial charge in [-0.15, -0.1) is 0 Å². The highest BCUT2D eigenvalue weighted by Gasteiger charge is 2.17. The molecule has 0 aliphatic heterocycles. The summed E-state index contributed by atoms with van der Waals surface area (Å²) < 4.78 is 0. The zero-order chi connectivity index (χ0) is 14.3. The summed E-state index contributed by atoms with van der Waals surface area (Å²) in [7, 11) is 0. The third-order valence-electron chi connectivity index (χ3n) is 2.95. The number of carbonyl (C=O) groups is 2. The van der Waals surface area contributed by atoms with Crippen molar-refractivity contribution < 1.29 is 14.7 Å². The van der Waals surface area contributed by atoms with Gasteiger partial charge in [-0.1, -0.05) is 43.2 Å². The van der Waals surface area contributed by atoms with Crippen molar-refractivity contribution in [1.29, 1.82) is 0 Å². The molecule has 1 unspecified atom stereocenters. The highest BCUT2D eigenvalue weighted by atomic mass is 16.4. The van der Waals surface area contributed by atoms with E-state index in [4.69, 9.17) is 5.11 Å². The average Bonchev–Trinajstić information content (AvgIpc) is 2.36. The minimum atomic E-state index is -0.915. The van der Waals surface area contributed by atoms with E-state index < -0.39 is 12.0 Å². The number of hydrogen-bond donors (Lipinski definition) is 2. The van der Waals surface area contributed by atoms with Crippen molar-refractivity contribution in [3.63, 3.8) is 0 Å². The van der Waals surface area contributed by atoms with Crippen molar-refractivity contribution in [2.75, 3.05) is 0 Å². The van der Waals surface area contributed by atoms with Crippen LogP contribution in [0, 0.1) is 6.92 Å². The molecule has 1 amide bonds. The quantitative estimate of drug-likeness (QED) is 0.795. The van der Waals surface area contributed by atoms with Crippen LogP contribution in [0.1, 0.15) is 49.8 Å². The maximum absolute atomic E-state index is 11.7. The van der Waals surface area contributed by atoms with Crippen LogP contribution in [0.4, 0.5) is 0 Å². The molecule has 1 aromatic rings. The third kappa shape index (κ3) is 5.55. The summed E-state index contributed by atoms with van der Waals surface area (Å²) in [6.07, 6.45) is 2.11. The molecular weight excluding hydrogens is 242 g/mol. The number of carboxylic acid groups (broad SMARTS) is 1. The number of nitrogens with one attached hydrogen (secondary N) is 1. The Bertz CT molecular complexity index is 426. The number of aliphatic carboxylic acids is 1. The van der Waals surface area contributed by atoms with Crippen LogP contribution in [0.2, 0.25) is 0 Å². The topological polar surface area (TPSA) is 66.4 Å². The summed E-state index contributed by atoms with van der Waals surface area (Å²) in [5, 5.41) is 11.7. The van der Waals surface area contributed by atoms with Gasteiger partial charge in [0.2, 0.25) is 5.91 Å². The van der Waals surface area contributed by atoms with Gasteiger partial charge in [0.15, 0.2) is 0 Å². The van der Waals surface area contributed by atoms with Crippen molar-refractivity contribution in [2.45, 2.75) is 45.6 Å². The fourth-order valence-corrected chi connectivity index (χ4v) is 1.83. The first-order chi connectivity index (χ1) is 9.02. The van der Waals surface area contributed by atoms with Crippen molar-refractivity contribution in [3.8, 4) is 0 Å². The maximum atomic E-state index is 11.7. The van der Waals surface area contributed by atoms with E-state index in [1.807, 2.05) is 38.1 Å². The number of rotatable bonds is 7. The SMILES string of the molecule is CCCCC(=O)NC(CC(=O)O)c1ccc(C)cc1. The van der Waals surface area contributed by atoms with Gasteiger partial charge in [0.25, 0.3) is 0 Å². The van der Waals surface area contributed by atoms with Crippen LogP contribution in [0.15, 0.2) is 24.3 Å². The minimum absolute atomic E-state index is 0.0892. The molecule has 0 bridgehead atoms. The molecule has 0 aliphatic carbocycles. The van der Waals surface area contributed by atoms with Gasteiger partial charge in [-0.3, -0.25) is 9.59 Å². The summed E-state index contributed by atoms with van der Waals surface area (Å²) >= 11 is 0. The molecule has 4 heteroatoms. The van der Waals surface area contributed by atoms with Crippen LogP contribution in [0.25, 0.3) is 0 Å². The summed E-state index contributed by atoms with van der Waals surface area (Å²) in [6, 6.07) is 7.11. The highest BCUT2D eigenvalue weighted by molar-refractivity contribution is 5.77. The molecule has 0 aliphatic rings. The fraction of sp³-hybridized carbons (Fsp3) is 0.467. The van der Waals surface area contributed by atoms with Gasteiger partial charge in [-0.25, -0.2) is 0 Å². The lowest BCUT2D eigenvalue weighted by Gasteiger charge is -2.17. The summed E-state index contributed by atoms with van der Waals surface area (Å²) in [4.78, 5) is 22.6. The van der Waals surface area contributed by atoms with E-state index >= 15 is 0 Å². The van der Waals surface area contributed by atoms with E-state index in [9.17, 15) is 9.59 Å². The highest BCUT2D eigenvalue weighted by Crippen LogP contribution is 2.18. The van der Waals surface area contributed by atoms with Gasteiger partial charge in [-0.2, -0.15) is 0 Å². The second-order valence-electron chi connectivity index (χ2n) is 4.73. The lowest BCUT2D eigenvalue weighted by molar-refractivity contribution is -0.137. The van der Waals surface area contributed by atoms with Gasteiger partial charge in [0.1, 0.15) is 0 Å². The van der Waals surface area contributed by atoms with Crippen LogP contribution in [-0.2, 0) is 9.59 Å². The molecule has 0 saturated heterocycles. The number of amides is 1. The molecule has 104 valence electrons. The minimum Gasteiger partial charge on any atom is -0.481 e. The van der Waals surface area contributed by atoms with Crippen LogP contribution >= 0.6 is 0 Å². The molecular formula is C15H21NO3. The molecule has 0 saturated carbocycles. The predicted octanol–water partition coefficient (Wildman–Crippen LogP) is 2.82. The van der Waals surface area contributed by atoms with Gasteiger partial charge in [0, 0.05) is 6.42 Å². The fourth-order valence-electron chi connectivity index (χ4n) is 1.83. The monoisotopic (exact) mass is 263 g/mol. The third-order valence-corrected chi connectivity index (χ3v) is 2.95. The van der Waals surface area contributed by atoms with E-state index in [-0.39, 0.29) is 12.3 Å². The first kappa shape index (κ1) is 15.2. The molecule has 4 nitrogen and oxygen atoms in total. The molecule has 1 atom stereocenters. The first-order valence-corrected chi connectivity index (χ1v) is 6.60. The molecule has 1 rings (SSSR count). The number of carboxylic acids is 1. The Kier molecular flexibility index (Phi) is 6.06. The summed E-state index contributed by atoms with van der Waals surface area (Å²) in [5.74, 6) is -1.00. The number of hydrogen-bond acceptors (Lipinski definition) is 2. The molecule has 0 aromatic heterocycles. The zero-order valence-electron chi connectivity index (χ0n) is 11.5. The number of carbonyl (C=O) groups excluding carboxylic acids is 1. The normalized spacial score (nSPS) is 11.9. The lowest BCUT2D eigenvalue weighted by Crippen LogP contribution is -2.29. The van der Waals surface area contributed by atoms with Crippen molar-refractivity contribution in [3.05, 3.63) is 35.4 Å². The van der Waals surface area contributed by atoms with E-state index in [1.54, 1.807) is 0 Å². The van der Waals surface area contributed by atoms with Crippen molar-refractivity contribution >= 4 is 11.9 Å². The van der Waals surface area contributed by atoms with Gasteiger partial charge in [-0.05, 0) is 18.9 Å². The molecule has 2 N–H and O–H groups in total. The summed E-state index contributed by atoms with van der Waals surface area (Å²) in [5.41, 5.74) is 1.94. The molecule has 0 spiro atoms. The predicted molar refractivity (Wildman–Crippen MR) is 73.8 cm³/mol. The largest absolute Gasteiger partial charge is 0.481 e.